The molecule has 5 bridgehead atoms. The fraction of sp³-hybridized carbons (Fsp3) is 0.636. The smallest absolute Gasteiger partial charge is 0.410 e. The van der Waals surface area contributed by atoms with Crippen LogP contribution < -0.4 is 20.8 Å². The van der Waals surface area contributed by atoms with Gasteiger partial charge in [-0.05, 0) is 38.7 Å². The van der Waals surface area contributed by atoms with Gasteiger partial charge in [0, 0.05) is 119 Å². The van der Waals surface area contributed by atoms with Crippen LogP contribution in [0.2, 0.25) is 0 Å². The number of hydrogen-bond acceptors (Lipinski definition) is 16. The van der Waals surface area contributed by atoms with Crippen LogP contribution in [0.1, 0.15) is 97.0 Å². The molecule has 0 radical (unpaired) electrons. The van der Waals surface area contributed by atoms with Crippen molar-refractivity contribution < 1.29 is 63.3 Å². The first-order chi connectivity index (χ1) is 35.1. The molecule has 2 aromatic carbocycles. The topological polar surface area (TPSA) is 242 Å². The van der Waals surface area contributed by atoms with Gasteiger partial charge < -0.3 is 64.1 Å². The standard InChI is InChI=1S/C55H76N6O13/c1-29(2)28-59-21-17-55(18-22-59)57-41-38-39-46(64)35(8)49-40(38)50(66)54(9,74-49)72-25-16-37(70-10)32(5)48(73-53(69)61-19-14-36(15-20-61)52(68)60-23-26-71-27-24-60)34(7)45(63)33(6)44(62)30(3)12-11-13-31(4)51(67)56-43(47(39)65)42(41)58-55/h11-13,16,25,29-30,32-34,36-37,44-45,48,57,62-65H,14-15,17-24,26-28H2,1-10H3/b12-11+,25-16+,31-13-,56-43?/t30-,32+,33+,34+,37-,44-,45+,48+,54-/m0/s1. The zero-order valence-corrected chi connectivity index (χ0v) is 44.6. The summed E-state index contributed by atoms with van der Waals surface area (Å²) in [4.78, 5) is 71.8. The van der Waals surface area contributed by atoms with E-state index in [-0.39, 0.29) is 61.5 Å². The van der Waals surface area contributed by atoms with Crippen LogP contribution in [-0.4, -0.2) is 161 Å². The molecule has 2 aromatic rings. The van der Waals surface area contributed by atoms with Gasteiger partial charge in [-0.1, -0.05) is 59.8 Å². The van der Waals surface area contributed by atoms with Gasteiger partial charge in [0.05, 0.1) is 54.4 Å². The van der Waals surface area contributed by atoms with E-state index in [1.165, 1.54) is 20.3 Å². The first-order valence-electron chi connectivity index (χ1n) is 26.3. The van der Waals surface area contributed by atoms with Crippen molar-refractivity contribution in [2.75, 3.05) is 71.5 Å². The second-order valence-electron chi connectivity index (χ2n) is 22.0. The summed E-state index contributed by atoms with van der Waals surface area (Å²) in [6, 6.07) is 0. The largest absolute Gasteiger partial charge is 0.507 e. The van der Waals surface area contributed by atoms with E-state index < -0.39 is 83.1 Å². The number of likely N-dealkylation sites (tertiary alicyclic amines) is 2. The number of allylic oxidation sites excluding steroid dienone is 2. The molecular formula is C55H76N6O13. The molecule has 3 fully saturated rings. The number of phenols is 2. The normalized spacial score (nSPS) is 31.8. The van der Waals surface area contributed by atoms with Gasteiger partial charge in [0.1, 0.15) is 34.0 Å². The second-order valence-corrected chi connectivity index (χ2v) is 22.0. The maximum absolute atomic E-state index is 15.0. The number of hydrogen-bond donors (Lipinski definition) is 5. The number of carbonyl (C=O) groups excluding carboxylic acids is 4. The number of aromatic hydroxyl groups is 2. The minimum absolute atomic E-state index is 0.0367. The summed E-state index contributed by atoms with van der Waals surface area (Å²) in [6.07, 6.45) is 5.01. The summed E-state index contributed by atoms with van der Waals surface area (Å²) < 4.78 is 30.4. The average molecular weight is 1030 g/mol. The lowest BCUT2D eigenvalue weighted by Crippen LogP contribution is -2.50. The number of nitrogens with zero attached hydrogens (tertiary/aromatic N) is 5. The predicted molar refractivity (Wildman–Crippen MR) is 274 cm³/mol. The number of fused-ring (bicyclic) bond motifs is 13. The molecule has 3 amide bonds. The highest BCUT2D eigenvalue weighted by molar-refractivity contribution is 6.21. The lowest BCUT2D eigenvalue weighted by atomic mass is 9.78. The minimum atomic E-state index is -2.00. The molecule has 74 heavy (non-hydrogen) atoms. The molecule has 7 heterocycles. The van der Waals surface area contributed by atoms with E-state index in [0.717, 1.165) is 6.54 Å². The number of ether oxygens (including phenoxy) is 5. The van der Waals surface area contributed by atoms with Crippen LogP contribution in [-0.2, 0) is 28.5 Å². The zero-order chi connectivity index (χ0) is 53.6. The molecule has 1 spiro atoms. The SMILES string of the molecule is CO[C@H]1/C=C/O[C@@]2(C)Oc3c(C)c(O)c4c(O)c(c5c(c4c3C2=O)NC2(CCN(CC(C)C)CC2)N=5)=NC(=O)/C(C)=C\C=C\[C@H](C)[C@H](O)[C@@H](C)[C@@H](O)[C@@H](C)[C@H](OC(=O)N2CCC(C(=O)N3CCOCC3)CC2)[C@@H]1C. The van der Waals surface area contributed by atoms with Gasteiger partial charge in [0.2, 0.25) is 5.91 Å². The molecule has 19 nitrogen and oxygen atoms in total. The van der Waals surface area contributed by atoms with Gasteiger partial charge in [-0.2, -0.15) is 0 Å². The monoisotopic (exact) mass is 1030 g/mol. The third-order valence-corrected chi connectivity index (χ3v) is 16.3. The van der Waals surface area contributed by atoms with Crippen molar-refractivity contribution in [3.8, 4) is 17.2 Å². The van der Waals surface area contributed by atoms with Gasteiger partial charge in [0.25, 0.3) is 11.7 Å². The van der Waals surface area contributed by atoms with Gasteiger partial charge in [0.15, 0.2) is 5.75 Å². The molecule has 5 N–H and O–H groups in total. The van der Waals surface area contributed by atoms with Crippen molar-refractivity contribution in [2.45, 2.75) is 124 Å². The number of morpholine rings is 1. The Balaban J connectivity index is 1.17. The quantitative estimate of drug-likeness (QED) is 0.251. The highest BCUT2D eigenvalue weighted by atomic mass is 16.7. The summed E-state index contributed by atoms with van der Waals surface area (Å²) in [5, 5.41) is 51.6. The van der Waals surface area contributed by atoms with Crippen molar-refractivity contribution in [1.29, 1.82) is 0 Å². The first-order valence-corrected chi connectivity index (χ1v) is 26.3. The molecule has 404 valence electrons. The average Bonchev–Trinajstić information content (AvgIpc) is 3.89. The zero-order valence-electron chi connectivity index (χ0n) is 44.6. The third kappa shape index (κ3) is 10.5. The van der Waals surface area contributed by atoms with Crippen LogP contribution in [0.3, 0.4) is 0 Å². The van der Waals surface area contributed by atoms with Gasteiger partial charge >= 0.3 is 11.9 Å². The number of piperidine rings is 2. The van der Waals surface area contributed by atoms with Gasteiger partial charge in [-0.3, -0.25) is 19.4 Å². The Kier molecular flexibility index (Phi) is 16.2. The van der Waals surface area contributed by atoms with Crippen molar-refractivity contribution >= 4 is 40.2 Å². The number of anilines is 1. The van der Waals surface area contributed by atoms with E-state index in [1.807, 2.05) is 4.90 Å². The van der Waals surface area contributed by atoms with E-state index in [9.17, 15) is 39.6 Å². The minimum Gasteiger partial charge on any atom is -0.507 e. The summed E-state index contributed by atoms with van der Waals surface area (Å²) in [5.74, 6) is -6.64. The molecule has 9 atom stereocenters. The number of Topliss-reactive ketones (excluding diaryl/α,β-unsaturated/α-hetero) is 1. The molecule has 19 heteroatoms. The summed E-state index contributed by atoms with van der Waals surface area (Å²) in [5.41, 5.74) is -0.198. The lowest BCUT2D eigenvalue weighted by Gasteiger charge is -2.40. The number of amides is 3. The molecule has 7 aliphatic heterocycles. The molecule has 0 saturated carbocycles. The molecule has 0 unspecified atom stereocenters. The third-order valence-electron chi connectivity index (χ3n) is 16.3. The number of benzene rings is 2. The number of rotatable bonds is 5. The summed E-state index contributed by atoms with van der Waals surface area (Å²) in [6.45, 7) is 20.9. The van der Waals surface area contributed by atoms with Crippen molar-refractivity contribution in [3.05, 3.63) is 58.0 Å². The Morgan fingerprint density at radius 1 is 0.878 bits per heavy atom. The Morgan fingerprint density at radius 3 is 2.20 bits per heavy atom. The lowest BCUT2D eigenvalue weighted by molar-refractivity contribution is -0.141. The number of aliphatic hydroxyl groups excluding tert-OH is 2. The van der Waals surface area contributed by atoms with E-state index >= 15 is 0 Å². The van der Waals surface area contributed by atoms with Crippen LogP contribution in [0.15, 0.2) is 46.1 Å². The molecule has 3 saturated heterocycles. The fourth-order valence-corrected chi connectivity index (χ4v) is 11.6. The van der Waals surface area contributed by atoms with Crippen molar-refractivity contribution in [2.24, 2.45) is 45.5 Å². The number of aliphatic hydroxyl groups is 2. The van der Waals surface area contributed by atoms with Crippen LogP contribution in [0.4, 0.5) is 10.5 Å². The van der Waals surface area contributed by atoms with Crippen molar-refractivity contribution in [3.63, 3.8) is 0 Å². The Morgan fingerprint density at radius 2 is 1.55 bits per heavy atom. The molecule has 0 aromatic heterocycles. The number of phenolic OH excluding ortho intramolecular Hbond substituents is 2. The number of nitrogens with one attached hydrogen (secondary N) is 1. The van der Waals surface area contributed by atoms with Gasteiger partial charge in [-0.15, -0.1) is 0 Å². The number of carbonyl (C=O) groups is 4. The first kappa shape index (κ1) is 54.7. The molecule has 9 rings (SSSR count). The molecule has 0 aliphatic carbocycles. The molecular weight excluding hydrogens is 953 g/mol. The fourth-order valence-electron chi connectivity index (χ4n) is 11.6. The predicted octanol–water partition coefficient (Wildman–Crippen LogP) is 4.89. The number of methoxy groups -OCH3 is 1. The van der Waals surface area contributed by atoms with E-state index in [1.54, 1.807) is 70.7 Å². The van der Waals surface area contributed by atoms with E-state index in [2.05, 4.69) is 29.1 Å². The van der Waals surface area contributed by atoms with Crippen LogP contribution in [0.5, 0.6) is 17.2 Å². The van der Waals surface area contributed by atoms with Crippen LogP contribution >= 0.6 is 0 Å². The molecule has 7 aliphatic rings. The van der Waals surface area contributed by atoms with Crippen LogP contribution in [0, 0.1) is 42.4 Å². The highest BCUT2D eigenvalue weighted by Gasteiger charge is 2.51. The highest BCUT2D eigenvalue weighted by Crippen LogP contribution is 2.51. The van der Waals surface area contributed by atoms with E-state index in [0.29, 0.717) is 89.8 Å². The maximum Gasteiger partial charge on any atom is 0.410 e. The summed E-state index contributed by atoms with van der Waals surface area (Å²) in [7, 11) is 1.47. The van der Waals surface area contributed by atoms with E-state index in [4.69, 9.17) is 28.7 Å². The Bertz CT molecular complexity index is 2720. The Labute approximate surface area is 432 Å². The van der Waals surface area contributed by atoms with Gasteiger partial charge in [-0.25, -0.2) is 9.79 Å². The summed E-state index contributed by atoms with van der Waals surface area (Å²) >= 11 is 0. The Hall–Kier alpha value is -5.60. The van der Waals surface area contributed by atoms with Crippen molar-refractivity contribution in [1.82, 2.24) is 14.7 Å². The maximum atomic E-state index is 15.0. The number of ketones is 1. The van der Waals surface area contributed by atoms with Crippen LogP contribution in [0.25, 0.3) is 10.8 Å². The second kappa shape index (κ2) is 21.9.